The summed E-state index contributed by atoms with van der Waals surface area (Å²) < 4.78 is 5.38. The molecule has 20 heavy (non-hydrogen) atoms. The van der Waals surface area contributed by atoms with Crippen LogP contribution in [0.2, 0.25) is 5.02 Å². The van der Waals surface area contributed by atoms with Crippen molar-refractivity contribution in [1.82, 2.24) is 10.1 Å². The lowest BCUT2D eigenvalue weighted by Gasteiger charge is -2.07. The molecule has 2 N–H and O–H groups in total. The van der Waals surface area contributed by atoms with Crippen molar-refractivity contribution in [1.29, 1.82) is 0 Å². The molecule has 1 aliphatic carbocycles. The maximum absolute atomic E-state index is 6.03. The van der Waals surface area contributed by atoms with Crippen molar-refractivity contribution in [3.63, 3.8) is 0 Å². The Hall–Kier alpha value is -1.55. The maximum atomic E-state index is 6.03. The smallest absolute Gasteiger partial charge is 0.257 e. The summed E-state index contributed by atoms with van der Waals surface area (Å²) in [5.74, 6) is 1.78. The van der Waals surface area contributed by atoms with Crippen molar-refractivity contribution in [3.05, 3.63) is 29.0 Å². The molecule has 0 amide bonds. The quantitative estimate of drug-likeness (QED) is 0.657. The van der Waals surface area contributed by atoms with Crippen molar-refractivity contribution in [2.24, 2.45) is 0 Å². The first-order chi connectivity index (χ1) is 9.74. The number of benzene rings is 1. The van der Waals surface area contributed by atoms with Gasteiger partial charge in [-0.3, -0.25) is 0 Å². The number of aromatic nitrogens is 2. The Kier molecular flexibility index (Phi) is 3.92. The van der Waals surface area contributed by atoms with E-state index < -0.39 is 0 Å². The number of halogens is 1. The Labute approximate surface area is 123 Å². The van der Waals surface area contributed by atoms with Gasteiger partial charge in [0.25, 0.3) is 5.89 Å². The number of nitrogens with zero attached hydrogens (tertiary/aromatic N) is 2. The van der Waals surface area contributed by atoms with Gasteiger partial charge in [0, 0.05) is 11.5 Å². The van der Waals surface area contributed by atoms with E-state index in [1.807, 2.05) is 6.07 Å². The van der Waals surface area contributed by atoms with Crippen molar-refractivity contribution >= 4 is 17.3 Å². The fourth-order valence-corrected chi connectivity index (χ4v) is 2.90. The van der Waals surface area contributed by atoms with Crippen LogP contribution in [0, 0.1) is 0 Å². The van der Waals surface area contributed by atoms with E-state index in [-0.39, 0.29) is 0 Å². The van der Waals surface area contributed by atoms with E-state index in [0.29, 0.717) is 22.5 Å². The third kappa shape index (κ3) is 2.80. The molecule has 106 valence electrons. The lowest BCUT2D eigenvalue weighted by molar-refractivity contribution is 0.410. The number of hydrogen-bond acceptors (Lipinski definition) is 4. The normalized spacial score (nSPS) is 17.1. The molecule has 1 aromatic carbocycles. The molecule has 0 saturated heterocycles. The first-order valence-electron chi connectivity index (χ1n) is 7.13. The number of rotatable bonds is 2. The van der Waals surface area contributed by atoms with E-state index in [2.05, 4.69) is 10.1 Å². The molecule has 0 bridgehead atoms. The second kappa shape index (κ2) is 5.83. The van der Waals surface area contributed by atoms with Crippen LogP contribution in [0.3, 0.4) is 0 Å². The van der Waals surface area contributed by atoms with Gasteiger partial charge < -0.3 is 10.3 Å². The molecular formula is C15H18ClN3O. The van der Waals surface area contributed by atoms with E-state index in [1.165, 1.54) is 25.7 Å². The zero-order valence-electron chi connectivity index (χ0n) is 11.3. The summed E-state index contributed by atoms with van der Waals surface area (Å²) in [6.07, 6.45) is 7.44. The van der Waals surface area contributed by atoms with Gasteiger partial charge in [0.1, 0.15) is 0 Å². The van der Waals surface area contributed by atoms with Crippen LogP contribution in [0.4, 0.5) is 5.69 Å². The molecule has 0 radical (unpaired) electrons. The number of hydrogen-bond donors (Lipinski definition) is 1. The zero-order valence-corrected chi connectivity index (χ0v) is 12.1. The van der Waals surface area contributed by atoms with E-state index in [0.717, 1.165) is 24.2 Å². The Morgan fingerprint density at radius 3 is 2.60 bits per heavy atom. The molecule has 1 fully saturated rings. The molecule has 0 unspecified atom stereocenters. The van der Waals surface area contributed by atoms with Crippen LogP contribution in [0.5, 0.6) is 0 Å². The average molecular weight is 292 g/mol. The van der Waals surface area contributed by atoms with Gasteiger partial charge in [0.15, 0.2) is 5.82 Å². The number of nitrogens with two attached hydrogens (primary N) is 1. The largest absolute Gasteiger partial charge is 0.398 e. The molecular weight excluding hydrogens is 274 g/mol. The predicted molar refractivity (Wildman–Crippen MR) is 79.6 cm³/mol. The SMILES string of the molecule is Nc1ccc(-c2nc(C3CCCCCC3)no2)cc1Cl. The summed E-state index contributed by atoms with van der Waals surface area (Å²) in [4.78, 5) is 4.54. The van der Waals surface area contributed by atoms with E-state index in [4.69, 9.17) is 21.9 Å². The highest BCUT2D eigenvalue weighted by atomic mass is 35.5. The molecule has 2 aromatic rings. The third-order valence-electron chi connectivity index (χ3n) is 3.91. The standard InChI is InChI=1S/C15H18ClN3O/c16-12-9-11(7-8-13(12)17)15-18-14(19-20-15)10-5-3-1-2-4-6-10/h7-10H,1-6,17H2. The Bertz CT molecular complexity index is 589. The van der Waals surface area contributed by atoms with Gasteiger partial charge in [-0.05, 0) is 31.0 Å². The highest BCUT2D eigenvalue weighted by molar-refractivity contribution is 6.33. The summed E-state index contributed by atoms with van der Waals surface area (Å²) in [5, 5.41) is 4.66. The lowest BCUT2D eigenvalue weighted by atomic mass is 10.00. The van der Waals surface area contributed by atoms with Crippen LogP contribution >= 0.6 is 11.6 Å². The van der Waals surface area contributed by atoms with Gasteiger partial charge >= 0.3 is 0 Å². The van der Waals surface area contributed by atoms with Crippen molar-refractivity contribution in [2.75, 3.05) is 5.73 Å². The highest BCUT2D eigenvalue weighted by Crippen LogP contribution is 2.32. The van der Waals surface area contributed by atoms with Gasteiger partial charge in [0.05, 0.1) is 10.7 Å². The van der Waals surface area contributed by atoms with Crippen LogP contribution in [0.1, 0.15) is 50.3 Å². The average Bonchev–Trinajstić information content (AvgIpc) is 2.78. The van der Waals surface area contributed by atoms with Crippen molar-refractivity contribution in [2.45, 2.75) is 44.4 Å². The van der Waals surface area contributed by atoms with Crippen molar-refractivity contribution < 1.29 is 4.52 Å². The van der Waals surface area contributed by atoms with E-state index in [1.54, 1.807) is 12.1 Å². The fraction of sp³-hybridized carbons (Fsp3) is 0.467. The number of nitrogen functional groups attached to an aromatic ring is 1. The van der Waals surface area contributed by atoms with Gasteiger partial charge in [-0.2, -0.15) is 4.98 Å². The summed E-state index contributed by atoms with van der Waals surface area (Å²) in [5.41, 5.74) is 7.08. The maximum Gasteiger partial charge on any atom is 0.257 e. The molecule has 1 aliphatic rings. The Balaban J connectivity index is 1.83. The van der Waals surface area contributed by atoms with Gasteiger partial charge in [-0.25, -0.2) is 0 Å². The minimum atomic E-state index is 0.430. The minimum absolute atomic E-state index is 0.430. The second-order valence-corrected chi connectivity index (χ2v) is 5.79. The molecule has 3 rings (SSSR count). The van der Waals surface area contributed by atoms with Gasteiger partial charge in [0.2, 0.25) is 0 Å². The van der Waals surface area contributed by atoms with Crippen LogP contribution in [-0.4, -0.2) is 10.1 Å². The molecule has 1 saturated carbocycles. The molecule has 1 aromatic heterocycles. The fourth-order valence-electron chi connectivity index (χ4n) is 2.72. The van der Waals surface area contributed by atoms with E-state index in [9.17, 15) is 0 Å². The molecule has 1 heterocycles. The van der Waals surface area contributed by atoms with E-state index >= 15 is 0 Å². The molecule has 5 heteroatoms. The minimum Gasteiger partial charge on any atom is -0.398 e. The first-order valence-corrected chi connectivity index (χ1v) is 7.51. The lowest BCUT2D eigenvalue weighted by Crippen LogP contribution is -1.99. The summed E-state index contributed by atoms with van der Waals surface area (Å²) in [6.45, 7) is 0. The molecule has 4 nitrogen and oxygen atoms in total. The van der Waals surface area contributed by atoms with Crippen LogP contribution in [-0.2, 0) is 0 Å². The molecule has 0 aliphatic heterocycles. The Morgan fingerprint density at radius 1 is 1.15 bits per heavy atom. The molecule has 0 spiro atoms. The van der Waals surface area contributed by atoms with Crippen LogP contribution in [0.15, 0.2) is 22.7 Å². The second-order valence-electron chi connectivity index (χ2n) is 5.38. The summed E-state index contributed by atoms with van der Waals surface area (Å²) in [7, 11) is 0. The highest BCUT2D eigenvalue weighted by Gasteiger charge is 2.20. The monoisotopic (exact) mass is 291 g/mol. The van der Waals surface area contributed by atoms with Gasteiger partial charge in [-0.1, -0.05) is 42.4 Å². The van der Waals surface area contributed by atoms with Crippen LogP contribution < -0.4 is 5.73 Å². The first kappa shape index (κ1) is 13.4. The topological polar surface area (TPSA) is 64.9 Å². The predicted octanol–water partition coefficient (Wildman–Crippen LogP) is 4.41. The van der Waals surface area contributed by atoms with Crippen LogP contribution in [0.25, 0.3) is 11.5 Å². The van der Waals surface area contributed by atoms with Gasteiger partial charge in [-0.15, -0.1) is 0 Å². The number of anilines is 1. The molecule has 0 atom stereocenters. The third-order valence-corrected chi connectivity index (χ3v) is 4.24. The zero-order chi connectivity index (χ0) is 13.9. The Morgan fingerprint density at radius 2 is 1.90 bits per heavy atom. The summed E-state index contributed by atoms with van der Waals surface area (Å²) in [6, 6.07) is 5.38. The summed E-state index contributed by atoms with van der Waals surface area (Å²) >= 11 is 6.03. The van der Waals surface area contributed by atoms with Crippen molar-refractivity contribution in [3.8, 4) is 11.5 Å².